The average molecular weight is 513 g/mol. The molecule has 11 heteroatoms. The standard InChI is InChI=1S/C25H22F2N4O4S/c26-16-7-5-15(6-8-16)23-24(31(14-29-23)17-3-1-2-4-17)21-11-12-22(35-21)25(32)30-20-10-9-18(13-19(20)27)36(28,33)34/h5-14,17H,1-4H2,(H,30,32)(H2,28,33,34). The molecule has 0 unspecified atom stereocenters. The lowest BCUT2D eigenvalue weighted by Crippen LogP contribution is -2.15. The van der Waals surface area contributed by atoms with Gasteiger partial charge in [-0.3, -0.25) is 4.79 Å². The Kier molecular flexibility index (Phi) is 6.19. The molecule has 1 aliphatic carbocycles. The molecule has 3 N–H and O–H groups in total. The number of benzene rings is 2. The number of carbonyl (C=O) groups is 1. The lowest BCUT2D eigenvalue weighted by atomic mass is 10.1. The van der Waals surface area contributed by atoms with Crippen molar-refractivity contribution in [2.24, 2.45) is 5.14 Å². The van der Waals surface area contributed by atoms with Gasteiger partial charge in [-0.25, -0.2) is 27.3 Å². The van der Waals surface area contributed by atoms with E-state index in [2.05, 4.69) is 10.3 Å². The number of carbonyl (C=O) groups excluding carboxylic acids is 1. The number of hydrogen-bond acceptors (Lipinski definition) is 5. The molecule has 186 valence electrons. The molecule has 1 amide bonds. The van der Waals surface area contributed by atoms with Crippen molar-refractivity contribution in [3.63, 3.8) is 0 Å². The second-order valence-corrected chi connectivity index (χ2v) is 10.2. The highest BCUT2D eigenvalue weighted by atomic mass is 32.2. The molecule has 1 saturated carbocycles. The summed E-state index contributed by atoms with van der Waals surface area (Å²) in [6.45, 7) is 0. The Morgan fingerprint density at radius 2 is 1.78 bits per heavy atom. The molecule has 0 bridgehead atoms. The van der Waals surface area contributed by atoms with E-state index in [4.69, 9.17) is 9.56 Å². The van der Waals surface area contributed by atoms with Gasteiger partial charge in [0.2, 0.25) is 10.0 Å². The van der Waals surface area contributed by atoms with Crippen molar-refractivity contribution in [3.8, 4) is 22.7 Å². The molecule has 0 saturated heterocycles. The number of nitrogens with two attached hydrogens (primary N) is 1. The Hall–Kier alpha value is -3.83. The number of primary sulfonamides is 1. The Morgan fingerprint density at radius 1 is 1.06 bits per heavy atom. The lowest BCUT2D eigenvalue weighted by Gasteiger charge is -2.15. The SMILES string of the molecule is NS(=O)(=O)c1ccc(NC(=O)c2ccc(-c3c(-c4ccc(F)cc4)ncn3C3CCCC3)o2)c(F)c1. The van der Waals surface area contributed by atoms with Gasteiger partial charge in [0, 0.05) is 11.6 Å². The molecule has 0 aliphatic heterocycles. The number of imidazole rings is 1. The van der Waals surface area contributed by atoms with Gasteiger partial charge >= 0.3 is 0 Å². The Labute approximate surface area is 205 Å². The second kappa shape index (κ2) is 9.32. The van der Waals surface area contributed by atoms with Crippen LogP contribution in [0.2, 0.25) is 0 Å². The van der Waals surface area contributed by atoms with Crippen LogP contribution in [0.5, 0.6) is 0 Å². The van der Waals surface area contributed by atoms with Crippen molar-refractivity contribution in [2.75, 3.05) is 5.32 Å². The van der Waals surface area contributed by atoms with Crippen molar-refractivity contribution in [1.29, 1.82) is 0 Å². The quantitative estimate of drug-likeness (QED) is 0.372. The molecule has 1 fully saturated rings. The van der Waals surface area contributed by atoms with Crippen LogP contribution in [0.3, 0.4) is 0 Å². The number of furan rings is 1. The summed E-state index contributed by atoms with van der Waals surface area (Å²) in [5.41, 5.74) is 1.72. The zero-order valence-electron chi connectivity index (χ0n) is 18.9. The highest BCUT2D eigenvalue weighted by Crippen LogP contribution is 2.39. The molecule has 0 atom stereocenters. The molecule has 2 heterocycles. The Balaban J connectivity index is 1.47. The van der Waals surface area contributed by atoms with Crippen molar-refractivity contribution in [3.05, 3.63) is 78.3 Å². The first-order valence-corrected chi connectivity index (χ1v) is 12.8. The third-order valence-electron chi connectivity index (χ3n) is 6.21. The van der Waals surface area contributed by atoms with Crippen molar-refractivity contribution < 1.29 is 26.4 Å². The molecule has 5 rings (SSSR count). The van der Waals surface area contributed by atoms with Gasteiger partial charge < -0.3 is 14.3 Å². The van der Waals surface area contributed by atoms with Crippen LogP contribution < -0.4 is 10.5 Å². The van der Waals surface area contributed by atoms with Crippen LogP contribution in [0.25, 0.3) is 22.7 Å². The zero-order valence-corrected chi connectivity index (χ0v) is 19.8. The summed E-state index contributed by atoms with van der Waals surface area (Å²) in [5, 5.41) is 7.39. The smallest absolute Gasteiger partial charge is 0.291 e. The normalized spacial score (nSPS) is 14.3. The minimum Gasteiger partial charge on any atom is -0.449 e. The number of hydrogen-bond donors (Lipinski definition) is 2. The van der Waals surface area contributed by atoms with E-state index in [0.717, 1.165) is 43.9 Å². The molecule has 2 aromatic carbocycles. The number of amides is 1. The summed E-state index contributed by atoms with van der Waals surface area (Å²) < 4.78 is 58.6. The predicted molar refractivity (Wildman–Crippen MR) is 129 cm³/mol. The summed E-state index contributed by atoms with van der Waals surface area (Å²) in [7, 11) is -4.09. The lowest BCUT2D eigenvalue weighted by molar-refractivity contribution is 0.0997. The van der Waals surface area contributed by atoms with Crippen LogP contribution >= 0.6 is 0 Å². The maximum atomic E-state index is 14.4. The van der Waals surface area contributed by atoms with Gasteiger partial charge in [0.15, 0.2) is 11.5 Å². The van der Waals surface area contributed by atoms with Gasteiger partial charge in [-0.1, -0.05) is 12.8 Å². The topological polar surface area (TPSA) is 120 Å². The number of aromatic nitrogens is 2. The molecular formula is C25H22F2N4O4S. The van der Waals surface area contributed by atoms with Gasteiger partial charge in [0.25, 0.3) is 5.91 Å². The average Bonchev–Trinajstić information content (AvgIpc) is 3.60. The van der Waals surface area contributed by atoms with E-state index in [9.17, 15) is 22.0 Å². The Bertz CT molecular complexity index is 1540. The van der Waals surface area contributed by atoms with E-state index in [-0.39, 0.29) is 23.3 Å². The molecular weight excluding hydrogens is 490 g/mol. The fourth-order valence-corrected chi connectivity index (χ4v) is 4.95. The number of halogens is 2. The van der Waals surface area contributed by atoms with Gasteiger partial charge in [0.1, 0.15) is 17.3 Å². The van der Waals surface area contributed by atoms with Crippen LogP contribution in [0, 0.1) is 11.6 Å². The van der Waals surface area contributed by atoms with Crippen molar-refractivity contribution >= 4 is 21.6 Å². The minimum atomic E-state index is -4.09. The van der Waals surface area contributed by atoms with Crippen LogP contribution in [0.4, 0.5) is 14.5 Å². The summed E-state index contributed by atoms with van der Waals surface area (Å²) >= 11 is 0. The molecule has 36 heavy (non-hydrogen) atoms. The highest BCUT2D eigenvalue weighted by Gasteiger charge is 2.26. The monoisotopic (exact) mass is 512 g/mol. The number of nitrogens with zero attached hydrogens (tertiary/aromatic N) is 2. The number of anilines is 1. The van der Waals surface area contributed by atoms with Crippen molar-refractivity contribution in [2.45, 2.75) is 36.6 Å². The third kappa shape index (κ3) is 4.67. The fraction of sp³-hybridized carbons (Fsp3) is 0.200. The van der Waals surface area contributed by atoms with Crippen LogP contribution in [-0.4, -0.2) is 23.9 Å². The molecule has 8 nitrogen and oxygen atoms in total. The summed E-state index contributed by atoms with van der Waals surface area (Å²) in [4.78, 5) is 16.9. The number of sulfonamides is 1. The van der Waals surface area contributed by atoms with E-state index >= 15 is 0 Å². The first kappa shape index (κ1) is 23.9. The van der Waals surface area contributed by atoms with E-state index in [1.807, 2.05) is 4.57 Å². The summed E-state index contributed by atoms with van der Waals surface area (Å²) in [6, 6.07) is 12.2. The third-order valence-corrected chi connectivity index (χ3v) is 7.12. The molecule has 0 spiro atoms. The maximum absolute atomic E-state index is 14.4. The van der Waals surface area contributed by atoms with E-state index in [1.165, 1.54) is 18.2 Å². The number of rotatable bonds is 6. The fourth-order valence-electron chi connectivity index (χ4n) is 4.43. The van der Waals surface area contributed by atoms with Crippen LogP contribution in [-0.2, 0) is 10.0 Å². The van der Waals surface area contributed by atoms with Crippen LogP contribution in [0.15, 0.2) is 70.2 Å². The van der Waals surface area contributed by atoms with Gasteiger partial charge in [0.05, 0.1) is 22.6 Å². The van der Waals surface area contributed by atoms with Gasteiger partial charge in [-0.05, 0) is 67.4 Å². The summed E-state index contributed by atoms with van der Waals surface area (Å²) in [5.74, 6) is -1.74. The molecule has 4 aromatic rings. The van der Waals surface area contributed by atoms with E-state index in [0.29, 0.717) is 22.7 Å². The molecule has 1 aliphatic rings. The minimum absolute atomic E-state index is 0.0795. The van der Waals surface area contributed by atoms with Crippen molar-refractivity contribution in [1.82, 2.24) is 9.55 Å². The zero-order chi connectivity index (χ0) is 25.4. The first-order chi connectivity index (χ1) is 17.2. The largest absolute Gasteiger partial charge is 0.449 e. The summed E-state index contributed by atoms with van der Waals surface area (Å²) in [6.07, 6.45) is 5.88. The Morgan fingerprint density at radius 3 is 2.44 bits per heavy atom. The maximum Gasteiger partial charge on any atom is 0.291 e. The van der Waals surface area contributed by atoms with Gasteiger partial charge in [-0.2, -0.15) is 0 Å². The van der Waals surface area contributed by atoms with E-state index in [1.54, 1.807) is 24.5 Å². The molecule has 0 radical (unpaired) electrons. The predicted octanol–water partition coefficient (Wildman–Crippen LogP) is 5.10. The van der Waals surface area contributed by atoms with Crippen LogP contribution in [0.1, 0.15) is 42.3 Å². The number of nitrogens with one attached hydrogen (secondary N) is 1. The van der Waals surface area contributed by atoms with E-state index < -0.39 is 26.6 Å². The second-order valence-electron chi connectivity index (χ2n) is 8.60. The highest BCUT2D eigenvalue weighted by molar-refractivity contribution is 7.89. The first-order valence-electron chi connectivity index (χ1n) is 11.3. The van der Waals surface area contributed by atoms with Gasteiger partial charge in [-0.15, -0.1) is 0 Å². The molecule has 2 aromatic heterocycles.